The molecule has 16 heavy (non-hydrogen) atoms. The molecule has 0 saturated carbocycles. The van der Waals surface area contributed by atoms with E-state index in [1.807, 2.05) is 6.92 Å². The number of nitrogens with one attached hydrogen (secondary N) is 1. The predicted molar refractivity (Wildman–Crippen MR) is 64.2 cm³/mol. The molecule has 1 N–H and O–H groups in total. The maximum atomic E-state index is 13.5. The lowest BCUT2D eigenvalue weighted by Gasteiger charge is -2.07. The van der Waals surface area contributed by atoms with E-state index >= 15 is 0 Å². The van der Waals surface area contributed by atoms with Gasteiger partial charge in [-0.25, -0.2) is 17.5 Å². The lowest BCUT2D eigenvalue weighted by atomic mass is 10.3. The van der Waals surface area contributed by atoms with Crippen LogP contribution in [0.5, 0.6) is 0 Å². The Bertz CT molecular complexity index is 462. The minimum Gasteiger partial charge on any atom is -0.211 e. The van der Waals surface area contributed by atoms with Gasteiger partial charge in [0.05, 0.1) is 4.47 Å². The van der Waals surface area contributed by atoms with Gasteiger partial charge in [0, 0.05) is 6.54 Å². The Hall–Kier alpha value is -0.460. The normalized spacial score (nSPS) is 11.7. The van der Waals surface area contributed by atoms with Crippen LogP contribution in [0.15, 0.2) is 27.6 Å². The second kappa shape index (κ2) is 5.75. The van der Waals surface area contributed by atoms with Gasteiger partial charge in [0.2, 0.25) is 10.0 Å². The summed E-state index contributed by atoms with van der Waals surface area (Å²) in [5, 5.41) is 0. The third-order valence-corrected chi connectivity index (χ3v) is 4.12. The van der Waals surface area contributed by atoms with Gasteiger partial charge < -0.3 is 0 Å². The van der Waals surface area contributed by atoms with Gasteiger partial charge in [-0.3, -0.25) is 0 Å². The van der Waals surface area contributed by atoms with E-state index in [1.54, 1.807) is 0 Å². The van der Waals surface area contributed by atoms with Gasteiger partial charge in [-0.05, 0) is 34.5 Å². The monoisotopic (exact) mass is 309 g/mol. The van der Waals surface area contributed by atoms with E-state index in [0.717, 1.165) is 12.8 Å². The molecule has 0 fully saturated rings. The Morgan fingerprint density at radius 1 is 1.44 bits per heavy atom. The Balaban J connectivity index is 2.94. The molecule has 0 saturated heterocycles. The molecule has 90 valence electrons. The summed E-state index contributed by atoms with van der Waals surface area (Å²) in [6, 6.07) is 4.19. The summed E-state index contributed by atoms with van der Waals surface area (Å²) in [5.41, 5.74) is 0. The second-order valence-corrected chi connectivity index (χ2v) is 5.89. The van der Waals surface area contributed by atoms with Gasteiger partial charge in [0.25, 0.3) is 0 Å². The van der Waals surface area contributed by atoms with Crippen molar-refractivity contribution in [1.82, 2.24) is 4.72 Å². The molecule has 1 aromatic rings. The van der Waals surface area contributed by atoms with Gasteiger partial charge in [-0.2, -0.15) is 0 Å². The van der Waals surface area contributed by atoms with E-state index in [0.29, 0.717) is 6.54 Å². The molecule has 0 radical (unpaired) electrons. The molecular weight excluding hydrogens is 297 g/mol. The third-order valence-electron chi connectivity index (χ3n) is 2.03. The van der Waals surface area contributed by atoms with Crippen LogP contribution < -0.4 is 4.72 Å². The number of hydrogen-bond donors (Lipinski definition) is 1. The number of rotatable bonds is 5. The summed E-state index contributed by atoms with van der Waals surface area (Å²) in [4.78, 5) is -0.321. The van der Waals surface area contributed by atoms with Crippen LogP contribution in [0.1, 0.15) is 19.8 Å². The smallest absolute Gasteiger partial charge is 0.211 e. The zero-order valence-corrected chi connectivity index (χ0v) is 11.2. The molecule has 0 aliphatic heterocycles. The summed E-state index contributed by atoms with van der Waals surface area (Å²) >= 11 is 2.95. The molecule has 0 aliphatic carbocycles. The largest absolute Gasteiger partial charge is 0.243 e. The van der Waals surface area contributed by atoms with E-state index < -0.39 is 15.8 Å². The first-order chi connectivity index (χ1) is 7.49. The predicted octanol–water partition coefficient (Wildman–Crippen LogP) is 2.67. The van der Waals surface area contributed by atoms with Gasteiger partial charge in [0.1, 0.15) is 4.90 Å². The molecule has 0 amide bonds. The molecule has 0 spiro atoms. The van der Waals surface area contributed by atoms with Crippen molar-refractivity contribution < 1.29 is 12.8 Å². The number of sulfonamides is 1. The topological polar surface area (TPSA) is 46.2 Å². The molecule has 0 aliphatic rings. The molecule has 0 unspecified atom stereocenters. The minimum absolute atomic E-state index is 0.144. The highest BCUT2D eigenvalue weighted by molar-refractivity contribution is 9.10. The lowest BCUT2D eigenvalue weighted by molar-refractivity contribution is 0.552. The van der Waals surface area contributed by atoms with E-state index in [-0.39, 0.29) is 9.37 Å². The molecular formula is C10H13BrFNO2S. The van der Waals surface area contributed by atoms with Gasteiger partial charge in [-0.1, -0.05) is 19.4 Å². The summed E-state index contributed by atoms with van der Waals surface area (Å²) < 4.78 is 39.5. The van der Waals surface area contributed by atoms with Crippen LogP contribution in [0, 0.1) is 5.82 Å². The standard InChI is InChI=1S/C10H13BrFNO2S/c1-2-3-7-13-16(14,15)9-6-4-5-8(11)10(9)12/h4-6,13H,2-3,7H2,1H3. The van der Waals surface area contributed by atoms with Crippen LogP contribution in [0.3, 0.4) is 0 Å². The number of unbranched alkanes of at least 4 members (excludes halogenated alkanes) is 1. The summed E-state index contributed by atoms with van der Waals surface area (Å²) in [6.07, 6.45) is 1.61. The van der Waals surface area contributed by atoms with E-state index in [4.69, 9.17) is 0 Å². The fourth-order valence-corrected chi connectivity index (χ4v) is 2.82. The Morgan fingerprint density at radius 2 is 2.12 bits per heavy atom. The molecule has 1 aromatic carbocycles. The first kappa shape index (κ1) is 13.6. The Kier molecular flexibility index (Phi) is 4.89. The minimum atomic E-state index is -3.74. The van der Waals surface area contributed by atoms with Crippen molar-refractivity contribution in [3.8, 4) is 0 Å². The van der Waals surface area contributed by atoms with Gasteiger partial charge >= 0.3 is 0 Å². The summed E-state index contributed by atoms with van der Waals surface area (Å²) in [5.74, 6) is -0.758. The zero-order chi connectivity index (χ0) is 12.2. The number of benzene rings is 1. The van der Waals surface area contributed by atoms with E-state index in [2.05, 4.69) is 20.7 Å². The molecule has 1 rings (SSSR count). The molecule has 0 atom stereocenters. The molecule has 6 heteroatoms. The molecule has 0 aromatic heterocycles. The average Bonchev–Trinajstić information content (AvgIpc) is 2.22. The maximum absolute atomic E-state index is 13.5. The van der Waals surface area contributed by atoms with Crippen LogP contribution >= 0.6 is 15.9 Å². The van der Waals surface area contributed by atoms with Crippen molar-refractivity contribution in [2.24, 2.45) is 0 Å². The number of halogens is 2. The van der Waals surface area contributed by atoms with Gasteiger partial charge in [0.15, 0.2) is 5.82 Å². The fraction of sp³-hybridized carbons (Fsp3) is 0.400. The van der Waals surface area contributed by atoms with Crippen LogP contribution in [0.25, 0.3) is 0 Å². The first-order valence-electron chi connectivity index (χ1n) is 4.92. The third kappa shape index (κ3) is 3.26. The molecule has 0 bridgehead atoms. The van der Waals surface area contributed by atoms with Crippen LogP contribution in [-0.2, 0) is 10.0 Å². The van der Waals surface area contributed by atoms with E-state index in [1.165, 1.54) is 18.2 Å². The van der Waals surface area contributed by atoms with Crippen LogP contribution in [-0.4, -0.2) is 15.0 Å². The van der Waals surface area contributed by atoms with E-state index in [9.17, 15) is 12.8 Å². The van der Waals surface area contributed by atoms with Crippen molar-refractivity contribution in [3.05, 3.63) is 28.5 Å². The zero-order valence-electron chi connectivity index (χ0n) is 8.83. The Labute approximate surface area is 103 Å². The number of hydrogen-bond acceptors (Lipinski definition) is 2. The highest BCUT2D eigenvalue weighted by Gasteiger charge is 2.19. The van der Waals surface area contributed by atoms with Crippen molar-refractivity contribution in [2.75, 3.05) is 6.54 Å². The van der Waals surface area contributed by atoms with Gasteiger partial charge in [-0.15, -0.1) is 0 Å². The molecule has 0 heterocycles. The molecule has 3 nitrogen and oxygen atoms in total. The second-order valence-electron chi connectivity index (χ2n) is 3.30. The Morgan fingerprint density at radius 3 is 2.75 bits per heavy atom. The maximum Gasteiger partial charge on any atom is 0.243 e. The van der Waals surface area contributed by atoms with Crippen molar-refractivity contribution in [3.63, 3.8) is 0 Å². The van der Waals surface area contributed by atoms with Crippen molar-refractivity contribution in [1.29, 1.82) is 0 Å². The summed E-state index contributed by atoms with van der Waals surface area (Å²) in [7, 11) is -3.74. The van der Waals surface area contributed by atoms with Crippen molar-refractivity contribution in [2.45, 2.75) is 24.7 Å². The summed E-state index contributed by atoms with van der Waals surface area (Å²) in [6.45, 7) is 2.28. The SMILES string of the molecule is CCCCNS(=O)(=O)c1cccc(Br)c1F. The highest BCUT2D eigenvalue weighted by atomic mass is 79.9. The first-order valence-corrected chi connectivity index (χ1v) is 7.20. The average molecular weight is 310 g/mol. The quantitative estimate of drug-likeness (QED) is 0.850. The fourth-order valence-electron chi connectivity index (χ4n) is 1.15. The highest BCUT2D eigenvalue weighted by Crippen LogP contribution is 2.22. The lowest BCUT2D eigenvalue weighted by Crippen LogP contribution is -2.25. The van der Waals surface area contributed by atoms with Crippen LogP contribution in [0.4, 0.5) is 4.39 Å². The van der Waals surface area contributed by atoms with Crippen molar-refractivity contribution >= 4 is 26.0 Å². The van der Waals surface area contributed by atoms with Crippen LogP contribution in [0.2, 0.25) is 0 Å².